The molecule has 0 saturated heterocycles. The van der Waals surface area contributed by atoms with Crippen LogP contribution in [-0.2, 0) is 11.3 Å². The number of nitrogens with two attached hydrogens (primary N) is 1. The van der Waals surface area contributed by atoms with Gasteiger partial charge in [-0.05, 0) is 36.9 Å². The van der Waals surface area contributed by atoms with Gasteiger partial charge in [-0.2, -0.15) is 0 Å². The smallest absolute Gasteiger partial charge is 0.251 e. The fourth-order valence-corrected chi connectivity index (χ4v) is 3.36. The fourth-order valence-electron chi connectivity index (χ4n) is 1.80. The van der Waals surface area contributed by atoms with Crippen molar-refractivity contribution in [1.29, 1.82) is 0 Å². The third kappa shape index (κ3) is 3.90. The molecule has 0 aliphatic carbocycles. The molecule has 0 saturated carbocycles. The van der Waals surface area contributed by atoms with E-state index in [9.17, 15) is 9.59 Å². The minimum Gasteiger partial charge on any atom is -0.366 e. The van der Waals surface area contributed by atoms with E-state index >= 15 is 0 Å². The van der Waals surface area contributed by atoms with Crippen molar-refractivity contribution in [1.82, 2.24) is 4.90 Å². The molecular weight excluding hydrogens is 306 g/mol. The van der Waals surface area contributed by atoms with Crippen LogP contribution >= 0.6 is 22.7 Å². The molecule has 21 heavy (non-hydrogen) atoms. The van der Waals surface area contributed by atoms with Gasteiger partial charge in [0.1, 0.15) is 5.00 Å². The molecule has 1 atom stereocenters. The lowest BCUT2D eigenvalue weighted by atomic mass is 10.2. The van der Waals surface area contributed by atoms with E-state index in [-0.39, 0.29) is 11.9 Å². The molecule has 2 heterocycles. The molecule has 0 radical (unpaired) electrons. The highest BCUT2D eigenvalue weighted by molar-refractivity contribution is 7.14. The lowest BCUT2D eigenvalue weighted by molar-refractivity contribution is -0.120. The number of nitrogens with zero attached hydrogens (tertiary/aromatic N) is 1. The average Bonchev–Trinajstić information content (AvgIpc) is 3.08. The molecule has 5 nitrogen and oxygen atoms in total. The van der Waals surface area contributed by atoms with E-state index in [1.807, 2.05) is 36.4 Å². The molecule has 0 aromatic carbocycles. The highest BCUT2D eigenvalue weighted by Crippen LogP contribution is 2.23. The third-order valence-corrected chi connectivity index (χ3v) is 4.88. The number of carbonyl (C=O) groups excluding carboxylic acids is 2. The minimum atomic E-state index is -0.536. The number of anilines is 1. The van der Waals surface area contributed by atoms with Gasteiger partial charge in [0.25, 0.3) is 5.91 Å². The Balaban J connectivity index is 1.98. The molecule has 0 fully saturated rings. The summed E-state index contributed by atoms with van der Waals surface area (Å²) in [5.41, 5.74) is 5.62. The van der Waals surface area contributed by atoms with Crippen LogP contribution < -0.4 is 11.1 Å². The standard InChI is InChI=1S/C14H17N3O2S2/c1-9(17(2)8-10-4-3-6-20-10)13(19)16-14-11(12(15)18)5-7-21-14/h3-7,9H,8H2,1-2H3,(H2,15,18)(H,16,19). The van der Waals surface area contributed by atoms with Crippen LogP contribution in [-0.4, -0.2) is 29.8 Å². The highest BCUT2D eigenvalue weighted by atomic mass is 32.1. The Labute approximate surface area is 131 Å². The maximum atomic E-state index is 12.3. The van der Waals surface area contributed by atoms with E-state index < -0.39 is 5.91 Å². The monoisotopic (exact) mass is 323 g/mol. The Morgan fingerprint density at radius 2 is 2.10 bits per heavy atom. The zero-order chi connectivity index (χ0) is 15.4. The van der Waals surface area contributed by atoms with Crippen molar-refractivity contribution in [2.75, 3.05) is 12.4 Å². The minimum absolute atomic E-state index is 0.154. The quantitative estimate of drug-likeness (QED) is 0.857. The molecule has 2 amide bonds. The predicted molar refractivity (Wildman–Crippen MR) is 86.7 cm³/mol. The van der Waals surface area contributed by atoms with E-state index in [1.54, 1.807) is 22.8 Å². The molecule has 0 aliphatic heterocycles. The maximum absolute atomic E-state index is 12.3. The number of hydrogen-bond donors (Lipinski definition) is 2. The van der Waals surface area contributed by atoms with Gasteiger partial charge in [-0.25, -0.2) is 0 Å². The van der Waals surface area contributed by atoms with Crippen molar-refractivity contribution >= 4 is 39.5 Å². The van der Waals surface area contributed by atoms with Crippen LogP contribution in [0.15, 0.2) is 29.0 Å². The van der Waals surface area contributed by atoms with Crippen molar-refractivity contribution in [3.05, 3.63) is 39.4 Å². The second-order valence-electron chi connectivity index (χ2n) is 4.69. The van der Waals surface area contributed by atoms with Crippen molar-refractivity contribution in [2.45, 2.75) is 19.5 Å². The van der Waals surface area contributed by atoms with Gasteiger partial charge in [0.2, 0.25) is 5.91 Å². The second kappa shape index (κ2) is 6.84. The van der Waals surface area contributed by atoms with Crippen LogP contribution in [0.1, 0.15) is 22.2 Å². The summed E-state index contributed by atoms with van der Waals surface area (Å²) in [5.74, 6) is -0.690. The van der Waals surface area contributed by atoms with Gasteiger partial charge in [-0.1, -0.05) is 6.07 Å². The largest absolute Gasteiger partial charge is 0.366 e. The highest BCUT2D eigenvalue weighted by Gasteiger charge is 2.20. The average molecular weight is 323 g/mol. The van der Waals surface area contributed by atoms with Crippen molar-refractivity contribution in [3.8, 4) is 0 Å². The van der Waals surface area contributed by atoms with Crippen molar-refractivity contribution in [2.24, 2.45) is 5.73 Å². The Hall–Kier alpha value is -1.70. The van der Waals surface area contributed by atoms with Gasteiger partial charge in [0.05, 0.1) is 11.6 Å². The normalized spacial score (nSPS) is 12.3. The summed E-state index contributed by atoms with van der Waals surface area (Å²) in [7, 11) is 1.90. The van der Waals surface area contributed by atoms with Crippen LogP contribution in [0.4, 0.5) is 5.00 Å². The lowest BCUT2D eigenvalue weighted by Gasteiger charge is -2.23. The first kappa shape index (κ1) is 15.7. The summed E-state index contributed by atoms with van der Waals surface area (Å²) in [6, 6.07) is 5.33. The summed E-state index contributed by atoms with van der Waals surface area (Å²) in [6.07, 6.45) is 0. The van der Waals surface area contributed by atoms with E-state index in [0.717, 1.165) is 0 Å². The molecular formula is C14H17N3O2S2. The Morgan fingerprint density at radius 3 is 2.71 bits per heavy atom. The number of likely N-dealkylation sites (N-methyl/N-ethyl adjacent to an activating group) is 1. The number of rotatable bonds is 6. The number of nitrogens with one attached hydrogen (secondary N) is 1. The number of amides is 2. The molecule has 7 heteroatoms. The van der Waals surface area contributed by atoms with Gasteiger partial charge < -0.3 is 11.1 Å². The van der Waals surface area contributed by atoms with Crippen molar-refractivity contribution < 1.29 is 9.59 Å². The predicted octanol–water partition coefficient (Wildman–Crippen LogP) is 2.37. The molecule has 1 unspecified atom stereocenters. The van der Waals surface area contributed by atoms with Crippen LogP contribution in [0.2, 0.25) is 0 Å². The van der Waals surface area contributed by atoms with E-state index in [2.05, 4.69) is 5.32 Å². The molecule has 0 bridgehead atoms. The van der Waals surface area contributed by atoms with Crippen molar-refractivity contribution in [3.63, 3.8) is 0 Å². The zero-order valence-electron chi connectivity index (χ0n) is 11.8. The molecule has 0 aliphatic rings. The first-order valence-electron chi connectivity index (χ1n) is 6.40. The zero-order valence-corrected chi connectivity index (χ0v) is 13.5. The molecule has 2 rings (SSSR count). The Kier molecular flexibility index (Phi) is 5.11. The molecule has 112 valence electrons. The number of carbonyl (C=O) groups is 2. The van der Waals surface area contributed by atoms with Gasteiger partial charge in [-0.3, -0.25) is 14.5 Å². The first-order chi connectivity index (χ1) is 9.99. The third-order valence-electron chi connectivity index (χ3n) is 3.19. The molecule has 3 N–H and O–H groups in total. The van der Waals surface area contributed by atoms with E-state index in [0.29, 0.717) is 17.1 Å². The van der Waals surface area contributed by atoms with Gasteiger partial charge >= 0.3 is 0 Å². The summed E-state index contributed by atoms with van der Waals surface area (Å²) in [5, 5.41) is 7.02. The molecule has 2 aromatic rings. The van der Waals surface area contributed by atoms with Crippen LogP contribution in [0.5, 0.6) is 0 Å². The van der Waals surface area contributed by atoms with Crippen LogP contribution in [0.25, 0.3) is 0 Å². The van der Waals surface area contributed by atoms with Crippen LogP contribution in [0.3, 0.4) is 0 Å². The first-order valence-corrected chi connectivity index (χ1v) is 8.15. The van der Waals surface area contributed by atoms with Gasteiger partial charge in [0, 0.05) is 11.4 Å². The summed E-state index contributed by atoms with van der Waals surface area (Å²) in [4.78, 5) is 26.7. The Bertz CT molecular complexity index is 622. The molecule has 0 spiro atoms. The van der Waals surface area contributed by atoms with Gasteiger partial charge in [-0.15, -0.1) is 22.7 Å². The van der Waals surface area contributed by atoms with Gasteiger partial charge in [0.15, 0.2) is 0 Å². The maximum Gasteiger partial charge on any atom is 0.251 e. The number of thiophene rings is 2. The number of primary amides is 1. The fraction of sp³-hybridized carbons (Fsp3) is 0.286. The van der Waals surface area contributed by atoms with Crippen LogP contribution in [0, 0.1) is 0 Å². The molecule has 2 aromatic heterocycles. The summed E-state index contributed by atoms with van der Waals surface area (Å²) in [6.45, 7) is 2.54. The topological polar surface area (TPSA) is 75.4 Å². The summed E-state index contributed by atoms with van der Waals surface area (Å²) < 4.78 is 0. The van der Waals surface area contributed by atoms with E-state index in [4.69, 9.17) is 5.73 Å². The SMILES string of the molecule is CC(C(=O)Nc1sccc1C(N)=O)N(C)Cc1cccs1. The van der Waals surface area contributed by atoms with E-state index in [1.165, 1.54) is 16.2 Å². The Morgan fingerprint density at radius 1 is 1.33 bits per heavy atom. The lowest BCUT2D eigenvalue weighted by Crippen LogP contribution is -2.39. The summed E-state index contributed by atoms with van der Waals surface area (Å²) >= 11 is 2.95. The second-order valence-corrected chi connectivity index (χ2v) is 6.64. The number of hydrogen-bond acceptors (Lipinski definition) is 5.